The highest BCUT2D eigenvalue weighted by atomic mass is 32.2. The fourth-order valence-corrected chi connectivity index (χ4v) is 3.58. The number of aromatic nitrogens is 1. The third kappa shape index (κ3) is 4.35. The monoisotopic (exact) mass is 315 g/mol. The first-order valence-corrected chi connectivity index (χ1v) is 8.25. The second-order valence-electron chi connectivity index (χ2n) is 4.94. The zero-order chi connectivity index (χ0) is 15.3. The minimum atomic E-state index is -3.71. The van der Waals surface area contributed by atoms with Crippen molar-refractivity contribution in [2.75, 3.05) is 38.3 Å². The number of rotatable bonds is 6. The molecule has 0 aromatic carbocycles. The molecular weight excluding hydrogens is 294 g/mol. The maximum absolute atomic E-state index is 12.4. The summed E-state index contributed by atoms with van der Waals surface area (Å²) in [6, 6.07) is 2.94. The number of nitrogen functional groups attached to an aromatic ring is 1. The lowest BCUT2D eigenvalue weighted by atomic mass is 10.3. The molecule has 2 heterocycles. The lowest BCUT2D eigenvalue weighted by molar-refractivity contribution is 0.0354. The maximum atomic E-state index is 12.4. The van der Waals surface area contributed by atoms with Crippen molar-refractivity contribution in [2.45, 2.75) is 18.0 Å². The summed E-state index contributed by atoms with van der Waals surface area (Å²) in [5.41, 5.74) is 2.61. The molecule has 0 saturated carbocycles. The number of nitrogens with zero attached hydrogens (tertiary/aromatic N) is 2. The maximum Gasteiger partial charge on any atom is 0.260 e. The summed E-state index contributed by atoms with van der Waals surface area (Å²) < 4.78 is 32.6. The zero-order valence-electron chi connectivity index (χ0n) is 11.9. The van der Waals surface area contributed by atoms with Crippen LogP contribution in [-0.2, 0) is 14.8 Å². The van der Waals surface area contributed by atoms with Gasteiger partial charge in [-0.1, -0.05) is 0 Å². The summed E-state index contributed by atoms with van der Waals surface area (Å²) >= 11 is 0. The zero-order valence-corrected chi connectivity index (χ0v) is 12.8. The Morgan fingerprint density at radius 3 is 2.86 bits per heavy atom. The number of hydrazine groups is 1. The van der Waals surface area contributed by atoms with Gasteiger partial charge in [0.2, 0.25) is 0 Å². The summed E-state index contributed by atoms with van der Waals surface area (Å²) in [5, 5.41) is -0.0960. The van der Waals surface area contributed by atoms with Crippen LogP contribution >= 0.6 is 0 Å². The Kier molecular flexibility index (Phi) is 5.48. The number of sulfonamides is 1. The molecule has 118 valence electrons. The molecule has 1 aliphatic heterocycles. The van der Waals surface area contributed by atoms with Gasteiger partial charge in [-0.05, 0) is 19.1 Å². The molecule has 0 radical (unpaired) electrons. The number of nitrogens with two attached hydrogens (primary N) is 1. The fraction of sp³-hybridized carbons (Fsp3) is 0.583. The summed E-state index contributed by atoms with van der Waals surface area (Å²) in [5.74, 6) is 5.32. The van der Waals surface area contributed by atoms with E-state index in [0.717, 1.165) is 13.1 Å². The Hall–Kier alpha value is -1.26. The second-order valence-corrected chi connectivity index (χ2v) is 6.57. The van der Waals surface area contributed by atoms with Crippen LogP contribution in [0.15, 0.2) is 23.4 Å². The van der Waals surface area contributed by atoms with Crippen molar-refractivity contribution in [3.8, 4) is 0 Å². The predicted molar refractivity (Wildman–Crippen MR) is 79.1 cm³/mol. The van der Waals surface area contributed by atoms with Crippen molar-refractivity contribution in [2.24, 2.45) is 5.84 Å². The molecular formula is C12H21N5O3S. The number of ether oxygens (including phenoxy) is 1. The molecule has 1 saturated heterocycles. The molecule has 21 heavy (non-hydrogen) atoms. The summed E-state index contributed by atoms with van der Waals surface area (Å²) in [7, 11) is -3.71. The minimum Gasteiger partial charge on any atom is -0.379 e. The Bertz CT molecular complexity index is 560. The molecule has 0 spiro atoms. The van der Waals surface area contributed by atoms with Crippen LogP contribution in [0, 0.1) is 0 Å². The number of hydrogen-bond donors (Lipinski definition) is 3. The largest absolute Gasteiger partial charge is 0.379 e. The van der Waals surface area contributed by atoms with Gasteiger partial charge in [0, 0.05) is 31.9 Å². The van der Waals surface area contributed by atoms with Crippen molar-refractivity contribution in [1.29, 1.82) is 0 Å². The van der Waals surface area contributed by atoms with Gasteiger partial charge in [-0.25, -0.2) is 18.1 Å². The van der Waals surface area contributed by atoms with Gasteiger partial charge in [0.1, 0.15) is 0 Å². The van der Waals surface area contributed by atoms with Crippen LogP contribution < -0.4 is 16.0 Å². The van der Waals surface area contributed by atoms with Crippen molar-refractivity contribution in [3.05, 3.63) is 18.3 Å². The van der Waals surface area contributed by atoms with E-state index in [1.807, 2.05) is 6.92 Å². The van der Waals surface area contributed by atoms with E-state index in [2.05, 4.69) is 20.0 Å². The van der Waals surface area contributed by atoms with E-state index < -0.39 is 10.0 Å². The number of anilines is 1. The van der Waals surface area contributed by atoms with E-state index in [4.69, 9.17) is 10.6 Å². The van der Waals surface area contributed by atoms with Gasteiger partial charge < -0.3 is 10.2 Å². The molecule has 0 bridgehead atoms. The molecule has 1 aromatic rings. The smallest absolute Gasteiger partial charge is 0.260 e. The van der Waals surface area contributed by atoms with Crippen LogP contribution in [-0.4, -0.2) is 57.2 Å². The number of nitrogens with one attached hydrogen (secondary N) is 2. The Morgan fingerprint density at radius 1 is 1.48 bits per heavy atom. The molecule has 1 fully saturated rings. The average molecular weight is 315 g/mol. The SMILES string of the molecule is CC(CN1CCOCC1)NS(=O)(=O)c1ncccc1NN. The molecule has 0 amide bonds. The molecule has 9 heteroatoms. The molecule has 2 rings (SSSR count). The number of morpholine rings is 1. The average Bonchev–Trinajstić information content (AvgIpc) is 2.47. The van der Waals surface area contributed by atoms with Gasteiger partial charge in [0.05, 0.1) is 18.9 Å². The Balaban J connectivity index is 2.02. The number of hydrogen-bond acceptors (Lipinski definition) is 7. The summed E-state index contributed by atoms with van der Waals surface area (Å²) in [6.45, 7) is 5.44. The highest BCUT2D eigenvalue weighted by Gasteiger charge is 2.23. The molecule has 1 atom stereocenters. The molecule has 8 nitrogen and oxygen atoms in total. The fourth-order valence-electron chi connectivity index (χ4n) is 2.24. The van der Waals surface area contributed by atoms with Gasteiger partial charge in [-0.2, -0.15) is 0 Å². The van der Waals surface area contributed by atoms with Gasteiger partial charge in [0.15, 0.2) is 5.03 Å². The Labute approximate surface area is 124 Å². The third-order valence-corrected chi connectivity index (χ3v) is 4.72. The van der Waals surface area contributed by atoms with E-state index in [1.54, 1.807) is 12.1 Å². The normalized spacial score (nSPS) is 18.4. The van der Waals surface area contributed by atoms with E-state index in [0.29, 0.717) is 19.8 Å². The van der Waals surface area contributed by atoms with E-state index in [-0.39, 0.29) is 16.8 Å². The first-order chi connectivity index (χ1) is 10.0. The summed E-state index contributed by atoms with van der Waals surface area (Å²) in [6.07, 6.45) is 1.42. The van der Waals surface area contributed by atoms with Gasteiger partial charge in [0.25, 0.3) is 10.0 Å². The predicted octanol–water partition coefficient (Wildman–Crippen LogP) is -0.634. The molecule has 0 aliphatic carbocycles. The topological polar surface area (TPSA) is 110 Å². The van der Waals surface area contributed by atoms with Crippen molar-refractivity contribution in [3.63, 3.8) is 0 Å². The van der Waals surface area contributed by atoms with Crippen LogP contribution in [0.2, 0.25) is 0 Å². The summed E-state index contributed by atoms with van der Waals surface area (Å²) in [4.78, 5) is 6.06. The Morgan fingerprint density at radius 2 is 2.19 bits per heavy atom. The standard InChI is InChI=1S/C12H21N5O3S/c1-10(9-17-5-7-20-8-6-17)16-21(18,19)12-11(15-13)3-2-4-14-12/h2-4,10,15-16H,5-9,13H2,1H3. The van der Waals surface area contributed by atoms with Crippen molar-refractivity contribution >= 4 is 15.7 Å². The van der Waals surface area contributed by atoms with E-state index in [1.165, 1.54) is 6.20 Å². The lowest BCUT2D eigenvalue weighted by Gasteiger charge is -2.29. The van der Waals surface area contributed by atoms with Crippen LogP contribution in [0.25, 0.3) is 0 Å². The molecule has 1 aromatic heterocycles. The van der Waals surface area contributed by atoms with Crippen molar-refractivity contribution in [1.82, 2.24) is 14.6 Å². The van der Waals surface area contributed by atoms with Crippen LogP contribution in [0.4, 0.5) is 5.69 Å². The lowest BCUT2D eigenvalue weighted by Crippen LogP contribution is -2.46. The quantitative estimate of drug-likeness (QED) is 0.473. The third-order valence-electron chi connectivity index (χ3n) is 3.17. The van der Waals surface area contributed by atoms with Crippen molar-refractivity contribution < 1.29 is 13.2 Å². The number of pyridine rings is 1. The first-order valence-electron chi connectivity index (χ1n) is 6.77. The van der Waals surface area contributed by atoms with Crippen LogP contribution in [0.5, 0.6) is 0 Å². The van der Waals surface area contributed by atoms with Gasteiger partial charge in [-0.3, -0.25) is 10.7 Å². The van der Waals surface area contributed by atoms with Gasteiger partial charge in [-0.15, -0.1) is 0 Å². The van der Waals surface area contributed by atoms with Gasteiger partial charge >= 0.3 is 0 Å². The van der Waals surface area contributed by atoms with E-state index in [9.17, 15) is 8.42 Å². The molecule has 4 N–H and O–H groups in total. The first kappa shape index (κ1) is 16.1. The van der Waals surface area contributed by atoms with Crippen LogP contribution in [0.1, 0.15) is 6.92 Å². The molecule has 1 unspecified atom stereocenters. The minimum absolute atomic E-state index is 0.0960. The van der Waals surface area contributed by atoms with Crippen LogP contribution in [0.3, 0.4) is 0 Å². The van der Waals surface area contributed by atoms with E-state index >= 15 is 0 Å². The highest BCUT2D eigenvalue weighted by molar-refractivity contribution is 7.89. The second kappa shape index (κ2) is 7.14. The molecule has 1 aliphatic rings. The highest BCUT2D eigenvalue weighted by Crippen LogP contribution is 2.16.